The molecule has 3 rings (SSSR count). The molecule has 26 heavy (non-hydrogen) atoms. The molecule has 7 nitrogen and oxygen atoms in total. The quantitative estimate of drug-likeness (QED) is 0.910. The zero-order valence-electron chi connectivity index (χ0n) is 14.1. The zero-order chi connectivity index (χ0) is 18.4. The maximum atomic E-state index is 12.4. The number of carbonyl (C=O) groups is 1. The van der Waals surface area contributed by atoms with E-state index in [-0.39, 0.29) is 12.4 Å². The molecule has 0 unspecified atom stereocenters. The lowest BCUT2D eigenvalue weighted by molar-refractivity contribution is 0.125. The topological polar surface area (TPSA) is 112 Å². The first-order chi connectivity index (χ1) is 12.6. The Balaban J connectivity index is 1.71. The molecule has 0 spiro atoms. The summed E-state index contributed by atoms with van der Waals surface area (Å²) in [6.45, 7) is 0.0741. The number of nitrogens with zero attached hydrogens (tertiary/aromatic N) is 4. The number of hydrogen-bond acceptors (Lipinski definition) is 6. The molecular weight excluding hydrogens is 330 g/mol. The largest absolute Gasteiger partial charge is 0.445 e. The lowest BCUT2D eigenvalue weighted by atomic mass is 9.93. The Morgan fingerprint density at radius 1 is 1.23 bits per heavy atom. The van der Waals surface area contributed by atoms with Crippen LogP contribution in [0.3, 0.4) is 0 Å². The summed E-state index contributed by atoms with van der Waals surface area (Å²) in [5.41, 5.74) is 1.25. The van der Waals surface area contributed by atoms with Crippen molar-refractivity contribution in [3.8, 4) is 12.1 Å². The Hall–Kier alpha value is -3.45. The van der Waals surface area contributed by atoms with Crippen LogP contribution in [0.5, 0.6) is 0 Å². The monoisotopic (exact) mass is 347 g/mol. The Kier molecular flexibility index (Phi) is 5.09. The molecule has 1 N–H and O–H groups in total. The predicted molar refractivity (Wildman–Crippen MR) is 91.4 cm³/mol. The minimum Gasteiger partial charge on any atom is -0.445 e. The van der Waals surface area contributed by atoms with Crippen LogP contribution in [0.15, 0.2) is 36.5 Å². The molecule has 0 atom stereocenters. The average Bonchev–Trinajstić information content (AvgIpc) is 3.16. The number of ether oxygens (including phenoxy) is 1. The lowest BCUT2D eigenvalue weighted by Gasteiger charge is -2.29. The molecule has 1 aromatic heterocycles. The van der Waals surface area contributed by atoms with Gasteiger partial charge in [-0.25, -0.2) is 14.8 Å². The number of aromatic nitrogens is 2. The van der Waals surface area contributed by atoms with Gasteiger partial charge in [0.25, 0.3) is 0 Å². The number of amides is 1. The second-order valence-corrected chi connectivity index (χ2v) is 6.18. The van der Waals surface area contributed by atoms with E-state index in [9.17, 15) is 4.79 Å². The van der Waals surface area contributed by atoms with Crippen molar-refractivity contribution >= 4 is 6.09 Å². The summed E-state index contributed by atoms with van der Waals surface area (Å²) in [7, 11) is 0. The molecule has 0 radical (unpaired) electrons. The summed E-state index contributed by atoms with van der Waals surface area (Å²) in [6, 6.07) is 12.6. The van der Waals surface area contributed by atoms with Gasteiger partial charge in [0.15, 0.2) is 0 Å². The number of benzene rings is 1. The highest BCUT2D eigenvalue weighted by molar-refractivity contribution is 5.68. The normalized spacial score (nSPS) is 14.8. The second kappa shape index (κ2) is 7.62. The number of nitrogens with one attached hydrogen (secondary N) is 1. The van der Waals surface area contributed by atoms with Crippen LogP contribution >= 0.6 is 0 Å². The Morgan fingerprint density at radius 3 is 2.77 bits per heavy atom. The van der Waals surface area contributed by atoms with Gasteiger partial charge in [-0.15, -0.1) is 0 Å². The third kappa shape index (κ3) is 3.79. The molecule has 1 amide bonds. The van der Waals surface area contributed by atoms with E-state index in [0.717, 1.165) is 31.2 Å². The molecule has 2 aromatic rings. The summed E-state index contributed by atoms with van der Waals surface area (Å²) >= 11 is 0. The maximum absolute atomic E-state index is 12.4. The molecule has 130 valence electrons. The van der Waals surface area contributed by atoms with Crippen LogP contribution in [0, 0.1) is 22.7 Å². The fraction of sp³-hybridized carbons (Fsp3) is 0.316. The van der Waals surface area contributed by atoms with E-state index in [1.165, 1.54) is 6.20 Å². The van der Waals surface area contributed by atoms with E-state index < -0.39 is 11.6 Å². The highest BCUT2D eigenvalue weighted by Crippen LogP contribution is 2.37. The summed E-state index contributed by atoms with van der Waals surface area (Å²) < 4.78 is 5.32. The summed E-state index contributed by atoms with van der Waals surface area (Å²) in [6.07, 6.45) is 4.35. The van der Waals surface area contributed by atoms with Crippen LogP contribution in [-0.2, 0) is 16.9 Å². The van der Waals surface area contributed by atoms with E-state index in [4.69, 9.17) is 15.3 Å². The van der Waals surface area contributed by atoms with Gasteiger partial charge >= 0.3 is 6.09 Å². The summed E-state index contributed by atoms with van der Waals surface area (Å²) in [5, 5.41) is 20.9. The predicted octanol–water partition coefficient (Wildman–Crippen LogP) is 2.92. The second-order valence-electron chi connectivity index (χ2n) is 6.18. The minimum atomic E-state index is -0.639. The maximum Gasteiger partial charge on any atom is 0.408 e. The lowest BCUT2D eigenvalue weighted by Crippen LogP contribution is -2.44. The molecule has 0 aliphatic heterocycles. The summed E-state index contributed by atoms with van der Waals surface area (Å²) in [5.74, 6) is 0.0808. The van der Waals surface area contributed by atoms with Gasteiger partial charge in [0.05, 0.1) is 22.9 Å². The van der Waals surface area contributed by atoms with Crippen molar-refractivity contribution in [1.82, 2.24) is 15.3 Å². The Bertz CT molecular complexity index is 891. The molecule has 0 saturated heterocycles. The van der Waals surface area contributed by atoms with Gasteiger partial charge in [0.2, 0.25) is 5.82 Å². The van der Waals surface area contributed by atoms with Crippen molar-refractivity contribution in [2.24, 2.45) is 0 Å². The molecule has 0 bridgehead atoms. The van der Waals surface area contributed by atoms with E-state index in [1.807, 2.05) is 6.07 Å². The molecule has 1 aliphatic rings. The van der Waals surface area contributed by atoms with Crippen molar-refractivity contribution in [3.63, 3.8) is 0 Å². The number of rotatable bonds is 4. The van der Waals surface area contributed by atoms with E-state index in [0.29, 0.717) is 11.3 Å². The third-order valence-electron chi connectivity index (χ3n) is 4.47. The van der Waals surface area contributed by atoms with Crippen molar-refractivity contribution in [2.45, 2.75) is 37.8 Å². The van der Waals surface area contributed by atoms with Crippen molar-refractivity contribution in [2.75, 3.05) is 0 Å². The van der Waals surface area contributed by atoms with Crippen LogP contribution in [0.1, 0.15) is 48.3 Å². The van der Waals surface area contributed by atoms with E-state index in [1.54, 1.807) is 30.3 Å². The Labute approximate surface area is 151 Å². The van der Waals surface area contributed by atoms with Crippen LogP contribution in [0.4, 0.5) is 4.79 Å². The van der Waals surface area contributed by atoms with E-state index >= 15 is 0 Å². The first-order valence-corrected chi connectivity index (χ1v) is 8.33. The molecule has 1 saturated carbocycles. The van der Waals surface area contributed by atoms with Gasteiger partial charge in [0, 0.05) is 6.20 Å². The molecular formula is C19H17N5O2. The molecule has 1 aliphatic carbocycles. The van der Waals surface area contributed by atoms with Gasteiger partial charge in [-0.05, 0) is 36.6 Å². The minimum absolute atomic E-state index is 0.0741. The Morgan fingerprint density at radius 2 is 2.04 bits per heavy atom. The van der Waals surface area contributed by atoms with Crippen molar-refractivity contribution < 1.29 is 9.53 Å². The fourth-order valence-corrected chi connectivity index (χ4v) is 3.21. The smallest absolute Gasteiger partial charge is 0.408 e. The SMILES string of the molecule is N#Cc1cccc(COC(=O)NC2(c3ccnc(C#N)n3)CCCC2)c1. The highest BCUT2D eigenvalue weighted by atomic mass is 16.5. The zero-order valence-corrected chi connectivity index (χ0v) is 14.1. The molecule has 7 heteroatoms. The standard InChI is InChI=1S/C19H17N5O2/c20-11-14-4-3-5-15(10-14)13-26-18(25)24-19(7-1-2-8-19)16-6-9-22-17(12-21)23-16/h3-6,9-10H,1-2,7-8,13H2,(H,24,25). The van der Waals surface area contributed by atoms with Crippen molar-refractivity contribution in [3.05, 3.63) is 59.2 Å². The van der Waals surface area contributed by atoms with Crippen LogP contribution in [-0.4, -0.2) is 16.1 Å². The fourth-order valence-electron chi connectivity index (χ4n) is 3.21. The van der Waals surface area contributed by atoms with Gasteiger partial charge in [0.1, 0.15) is 12.7 Å². The van der Waals surface area contributed by atoms with Crippen LogP contribution in [0.25, 0.3) is 0 Å². The average molecular weight is 347 g/mol. The number of carbonyl (C=O) groups excluding carboxylic acids is 1. The molecule has 1 heterocycles. The third-order valence-corrected chi connectivity index (χ3v) is 4.47. The number of hydrogen-bond donors (Lipinski definition) is 1. The molecule has 1 fully saturated rings. The molecule has 1 aromatic carbocycles. The van der Waals surface area contributed by atoms with Gasteiger partial charge < -0.3 is 10.1 Å². The van der Waals surface area contributed by atoms with Gasteiger partial charge in [-0.2, -0.15) is 10.5 Å². The van der Waals surface area contributed by atoms with Gasteiger partial charge in [-0.3, -0.25) is 0 Å². The van der Waals surface area contributed by atoms with Crippen LogP contribution in [0.2, 0.25) is 0 Å². The van der Waals surface area contributed by atoms with Crippen LogP contribution < -0.4 is 5.32 Å². The first-order valence-electron chi connectivity index (χ1n) is 8.33. The first kappa shape index (κ1) is 17.4. The van der Waals surface area contributed by atoms with E-state index in [2.05, 4.69) is 21.4 Å². The number of nitriles is 2. The van der Waals surface area contributed by atoms with Crippen molar-refractivity contribution in [1.29, 1.82) is 10.5 Å². The van der Waals surface area contributed by atoms with Gasteiger partial charge in [-0.1, -0.05) is 25.0 Å². The summed E-state index contributed by atoms with van der Waals surface area (Å²) in [4.78, 5) is 20.5. The highest BCUT2D eigenvalue weighted by Gasteiger charge is 2.39. The number of alkyl carbamates (subject to hydrolysis) is 1.